The number of benzene rings is 4. The zero-order valence-electron chi connectivity index (χ0n) is 17.9. The molecule has 0 saturated carbocycles. The maximum absolute atomic E-state index is 13.2. The van der Waals surface area contributed by atoms with E-state index in [-0.39, 0.29) is 5.78 Å². The molecule has 1 aromatic heterocycles. The second kappa shape index (κ2) is 9.03. The molecule has 0 unspecified atom stereocenters. The molecule has 0 N–H and O–H groups in total. The summed E-state index contributed by atoms with van der Waals surface area (Å²) in [7, 11) is 0. The molecule has 0 saturated heterocycles. The highest BCUT2D eigenvalue weighted by molar-refractivity contribution is 5.96. The average molecular weight is 418 g/mol. The zero-order chi connectivity index (χ0) is 21.8. The monoisotopic (exact) mass is 417 g/mol. The number of imidazole rings is 1. The Morgan fingerprint density at radius 3 is 1.91 bits per heavy atom. The van der Waals surface area contributed by atoms with Crippen LogP contribution >= 0.6 is 0 Å². The summed E-state index contributed by atoms with van der Waals surface area (Å²) in [5.41, 5.74) is 5.43. The molecule has 4 aromatic carbocycles. The maximum Gasteiger partial charge on any atom is 0.262 e. The molecule has 0 atom stereocenters. The van der Waals surface area contributed by atoms with Crippen LogP contribution in [0.4, 0.5) is 0 Å². The number of fused-ring (bicyclic) bond motifs is 1. The molecule has 3 heteroatoms. The lowest BCUT2D eigenvalue weighted by Gasteiger charge is -2.07. The Kier molecular flexibility index (Phi) is 5.63. The Balaban J connectivity index is 1.65. The lowest BCUT2D eigenvalue weighted by molar-refractivity contribution is -0.670. The van der Waals surface area contributed by atoms with Crippen molar-refractivity contribution in [3.05, 3.63) is 138 Å². The Bertz CT molecular complexity index is 1340. The first-order chi connectivity index (χ1) is 15.8. The van der Waals surface area contributed by atoms with Gasteiger partial charge in [0.25, 0.3) is 5.82 Å². The van der Waals surface area contributed by atoms with Crippen LogP contribution in [0.3, 0.4) is 0 Å². The van der Waals surface area contributed by atoms with Gasteiger partial charge >= 0.3 is 0 Å². The smallest absolute Gasteiger partial charge is 0.262 e. The number of carbonyl (C=O) groups excluding carboxylic acids is 1. The number of hydrogen-bond donors (Lipinski definition) is 0. The predicted molar refractivity (Wildman–Crippen MR) is 128 cm³/mol. The molecule has 0 amide bonds. The second-order valence-corrected chi connectivity index (χ2v) is 8.01. The number of aromatic nitrogens is 2. The maximum atomic E-state index is 13.2. The van der Waals surface area contributed by atoms with Gasteiger partial charge in [0.05, 0.1) is 6.42 Å². The van der Waals surface area contributed by atoms with Crippen LogP contribution in [-0.4, -0.2) is 10.4 Å². The molecule has 32 heavy (non-hydrogen) atoms. The highest BCUT2D eigenvalue weighted by Crippen LogP contribution is 2.19. The molecule has 0 spiro atoms. The number of Topliss-reactive ketones (excluding diaryl/α,β-unsaturated/α-hetero) is 1. The quantitative estimate of drug-likeness (QED) is 0.255. The minimum atomic E-state index is 0.118. The molecule has 156 valence electrons. The molecule has 0 aliphatic heterocycles. The molecule has 1 heterocycles. The van der Waals surface area contributed by atoms with Crippen molar-refractivity contribution >= 4 is 16.8 Å². The summed E-state index contributed by atoms with van der Waals surface area (Å²) in [4.78, 5) is 13.2. The van der Waals surface area contributed by atoms with Gasteiger partial charge in [-0.1, -0.05) is 103 Å². The summed E-state index contributed by atoms with van der Waals surface area (Å²) in [6.07, 6.45) is 0.754. The molecule has 5 rings (SSSR count). The molecule has 0 aliphatic carbocycles. The molecule has 0 radical (unpaired) electrons. The van der Waals surface area contributed by atoms with Gasteiger partial charge in [-0.05, 0) is 23.3 Å². The lowest BCUT2D eigenvalue weighted by Crippen LogP contribution is -2.39. The van der Waals surface area contributed by atoms with Gasteiger partial charge in [-0.3, -0.25) is 4.79 Å². The molecule has 0 bridgehead atoms. The molecule has 0 aliphatic rings. The van der Waals surface area contributed by atoms with Crippen LogP contribution in [-0.2, 0) is 19.5 Å². The van der Waals surface area contributed by atoms with E-state index in [2.05, 4.69) is 75.9 Å². The van der Waals surface area contributed by atoms with E-state index in [1.165, 1.54) is 11.1 Å². The lowest BCUT2D eigenvalue weighted by atomic mass is 10.1. The topological polar surface area (TPSA) is 25.9 Å². The van der Waals surface area contributed by atoms with Crippen molar-refractivity contribution in [2.45, 2.75) is 19.5 Å². The SMILES string of the molecule is O=C(Cn1c(Cc2ccccc2)[n+](Cc2ccccc2)c2ccccc21)c1ccccc1. The number of nitrogens with zero attached hydrogens (tertiary/aromatic N) is 2. The van der Waals surface area contributed by atoms with Gasteiger partial charge in [0.15, 0.2) is 17.6 Å². The van der Waals surface area contributed by atoms with E-state index in [4.69, 9.17) is 0 Å². The highest BCUT2D eigenvalue weighted by Gasteiger charge is 2.27. The summed E-state index contributed by atoms with van der Waals surface area (Å²) in [6, 6.07) is 38.9. The van der Waals surface area contributed by atoms with Crippen molar-refractivity contribution in [1.29, 1.82) is 0 Å². The van der Waals surface area contributed by atoms with E-state index < -0.39 is 0 Å². The third-order valence-corrected chi connectivity index (χ3v) is 5.87. The standard InChI is InChI=1S/C29H25N2O/c32-28(25-16-8-3-9-17-25)22-31-27-19-11-10-18-26(27)30(21-24-14-6-2-7-15-24)29(31)20-23-12-4-1-5-13-23/h1-19H,20-22H2/q+1. The molecule has 5 aromatic rings. The minimum Gasteiger partial charge on any atom is -0.290 e. The van der Waals surface area contributed by atoms with Crippen molar-refractivity contribution in [1.82, 2.24) is 4.57 Å². The van der Waals surface area contributed by atoms with E-state index in [1.54, 1.807) is 0 Å². The minimum absolute atomic E-state index is 0.118. The molecular weight excluding hydrogens is 392 g/mol. The normalized spacial score (nSPS) is 11.0. The summed E-state index contributed by atoms with van der Waals surface area (Å²) in [5.74, 6) is 1.25. The zero-order valence-corrected chi connectivity index (χ0v) is 17.9. The summed E-state index contributed by atoms with van der Waals surface area (Å²) >= 11 is 0. The van der Waals surface area contributed by atoms with Gasteiger partial charge in [-0.15, -0.1) is 0 Å². The van der Waals surface area contributed by atoms with Crippen molar-refractivity contribution < 1.29 is 9.36 Å². The first-order valence-electron chi connectivity index (χ1n) is 11.0. The van der Waals surface area contributed by atoms with Gasteiger partial charge in [0.1, 0.15) is 6.54 Å². The number of rotatable bonds is 7. The van der Waals surface area contributed by atoms with Gasteiger partial charge in [-0.25, -0.2) is 9.13 Å². The van der Waals surface area contributed by atoms with Crippen molar-refractivity contribution in [2.24, 2.45) is 0 Å². The Morgan fingerprint density at radius 2 is 1.22 bits per heavy atom. The van der Waals surface area contributed by atoms with Crippen LogP contribution in [0.2, 0.25) is 0 Å². The summed E-state index contributed by atoms with van der Waals surface area (Å²) in [5, 5.41) is 0. The third-order valence-electron chi connectivity index (χ3n) is 5.87. The van der Waals surface area contributed by atoms with E-state index >= 15 is 0 Å². The average Bonchev–Trinajstić information content (AvgIpc) is 3.13. The number of carbonyl (C=O) groups is 1. The fourth-order valence-corrected chi connectivity index (χ4v) is 4.29. The Morgan fingerprint density at radius 1 is 0.656 bits per heavy atom. The van der Waals surface area contributed by atoms with Crippen LogP contribution < -0.4 is 4.57 Å². The van der Waals surface area contributed by atoms with E-state index in [0.717, 1.165) is 35.4 Å². The van der Waals surface area contributed by atoms with Crippen molar-refractivity contribution in [3.63, 3.8) is 0 Å². The molecular formula is C29H25N2O+. The van der Waals surface area contributed by atoms with Gasteiger partial charge in [0.2, 0.25) is 5.78 Å². The Hall–Kier alpha value is -3.98. The van der Waals surface area contributed by atoms with E-state index in [0.29, 0.717) is 6.54 Å². The van der Waals surface area contributed by atoms with Gasteiger partial charge in [0, 0.05) is 5.56 Å². The third kappa shape index (κ3) is 4.10. The van der Waals surface area contributed by atoms with Crippen LogP contribution in [0.1, 0.15) is 27.3 Å². The van der Waals surface area contributed by atoms with E-state index in [1.807, 2.05) is 48.5 Å². The Labute approximate surface area is 188 Å². The fraction of sp³-hybridized carbons (Fsp3) is 0.103. The first-order valence-corrected chi connectivity index (χ1v) is 11.0. The number of para-hydroxylation sites is 2. The highest BCUT2D eigenvalue weighted by atomic mass is 16.1. The second-order valence-electron chi connectivity index (χ2n) is 8.01. The van der Waals surface area contributed by atoms with Gasteiger partial charge < -0.3 is 0 Å². The van der Waals surface area contributed by atoms with Crippen molar-refractivity contribution in [2.75, 3.05) is 0 Å². The predicted octanol–water partition coefficient (Wildman–Crippen LogP) is 5.45. The number of ketones is 1. The molecule has 3 nitrogen and oxygen atoms in total. The fourth-order valence-electron chi connectivity index (χ4n) is 4.29. The summed E-state index contributed by atoms with van der Waals surface area (Å²) in [6.45, 7) is 1.07. The van der Waals surface area contributed by atoms with Crippen LogP contribution in [0.25, 0.3) is 11.0 Å². The summed E-state index contributed by atoms with van der Waals surface area (Å²) < 4.78 is 4.55. The van der Waals surface area contributed by atoms with Gasteiger partial charge in [-0.2, -0.15) is 0 Å². The van der Waals surface area contributed by atoms with Crippen molar-refractivity contribution in [3.8, 4) is 0 Å². The van der Waals surface area contributed by atoms with Crippen LogP contribution in [0, 0.1) is 0 Å². The number of hydrogen-bond acceptors (Lipinski definition) is 1. The van der Waals surface area contributed by atoms with E-state index in [9.17, 15) is 4.79 Å². The largest absolute Gasteiger partial charge is 0.290 e. The first kappa shape index (κ1) is 20.0. The molecule has 0 fully saturated rings. The van der Waals surface area contributed by atoms with Crippen LogP contribution in [0.5, 0.6) is 0 Å². The van der Waals surface area contributed by atoms with Crippen LogP contribution in [0.15, 0.2) is 115 Å².